The number of hydrogen-bond acceptors (Lipinski definition) is 4. The third-order valence-corrected chi connectivity index (χ3v) is 4.85. The van der Waals surface area contributed by atoms with Gasteiger partial charge in [-0.1, -0.05) is 20.8 Å². The van der Waals surface area contributed by atoms with Crippen molar-refractivity contribution < 1.29 is 13.2 Å². The molecule has 0 aromatic heterocycles. The van der Waals surface area contributed by atoms with Gasteiger partial charge in [-0.3, -0.25) is 0 Å². The van der Waals surface area contributed by atoms with Crippen LogP contribution in [0.4, 0.5) is 5.69 Å². The molecule has 0 aliphatic rings. The summed E-state index contributed by atoms with van der Waals surface area (Å²) in [6.07, 6.45) is 0. The van der Waals surface area contributed by atoms with E-state index in [1.165, 1.54) is 0 Å². The van der Waals surface area contributed by atoms with E-state index in [1.807, 2.05) is 0 Å². The number of anilines is 1. The van der Waals surface area contributed by atoms with Gasteiger partial charge < -0.3 is 10.1 Å². The SMILES string of the molecule is CCS(=O)(=O)c1ccc(NC(COC)C(C)C)cc1. The Morgan fingerprint density at radius 1 is 1.21 bits per heavy atom. The van der Waals surface area contributed by atoms with Crippen LogP contribution in [-0.2, 0) is 14.6 Å². The summed E-state index contributed by atoms with van der Waals surface area (Å²) in [5, 5.41) is 3.36. The summed E-state index contributed by atoms with van der Waals surface area (Å²) < 4.78 is 28.6. The number of rotatable bonds is 7. The summed E-state index contributed by atoms with van der Waals surface area (Å²) in [5.74, 6) is 0.553. The maximum atomic E-state index is 11.7. The lowest BCUT2D eigenvalue weighted by Crippen LogP contribution is -2.30. The summed E-state index contributed by atoms with van der Waals surface area (Å²) in [6, 6.07) is 7.09. The molecule has 1 N–H and O–H groups in total. The lowest BCUT2D eigenvalue weighted by atomic mass is 10.1. The van der Waals surface area contributed by atoms with Crippen molar-refractivity contribution in [1.82, 2.24) is 0 Å². The molecular formula is C14H23NO3S. The van der Waals surface area contributed by atoms with Crippen molar-refractivity contribution in [3.05, 3.63) is 24.3 Å². The van der Waals surface area contributed by atoms with E-state index in [4.69, 9.17) is 4.74 Å². The molecule has 0 aliphatic carbocycles. The third-order valence-electron chi connectivity index (χ3n) is 3.10. The number of hydrogen-bond donors (Lipinski definition) is 1. The van der Waals surface area contributed by atoms with Crippen LogP contribution in [0, 0.1) is 5.92 Å². The van der Waals surface area contributed by atoms with Crippen LogP contribution in [0.3, 0.4) is 0 Å². The lowest BCUT2D eigenvalue weighted by Gasteiger charge is -2.22. The van der Waals surface area contributed by atoms with Crippen molar-refractivity contribution in [3.63, 3.8) is 0 Å². The molecule has 0 heterocycles. The first-order valence-electron chi connectivity index (χ1n) is 6.49. The highest BCUT2D eigenvalue weighted by Crippen LogP contribution is 2.17. The number of benzene rings is 1. The Balaban J connectivity index is 2.82. The van der Waals surface area contributed by atoms with E-state index in [1.54, 1.807) is 38.3 Å². The molecule has 0 radical (unpaired) electrons. The number of sulfone groups is 1. The van der Waals surface area contributed by atoms with Crippen LogP contribution in [0.5, 0.6) is 0 Å². The highest BCUT2D eigenvalue weighted by molar-refractivity contribution is 7.91. The van der Waals surface area contributed by atoms with E-state index < -0.39 is 9.84 Å². The minimum atomic E-state index is -3.12. The standard InChI is InChI=1S/C14H23NO3S/c1-5-19(16,17)13-8-6-12(7-9-13)15-14(10-18-4)11(2)3/h6-9,11,14-15H,5,10H2,1-4H3. The van der Waals surface area contributed by atoms with Crippen molar-refractivity contribution in [2.75, 3.05) is 24.8 Å². The molecule has 0 spiro atoms. The Labute approximate surface area is 116 Å². The van der Waals surface area contributed by atoms with Crippen LogP contribution in [-0.4, -0.2) is 33.9 Å². The summed E-state index contributed by atoms with van der Waals surface area (Å²) in [5.41, 5.74) is 0.908. The average molecular weight is 285 g/mol. The van der Waals surface area contributed by atoms with Gasteiger partial charge >= 0.3 is 0 Å². The number of ether oxygens (including phenoxy) is 1. The lowest BCUT2D eigenvalue weighted by molar-refractivity contribution is 0.171. The molecule has 5 heteroatoms. The van der Waals surface area contributed by atoms with Crippen LogP contribution >= 0.6 is 0 Å². The summed E-state index contributed by atoms with van der Waals surface area (Å²) in [7, 11) is -1.45. The summed E-state index contributed by atoms with van der Waals surface area (Å²) in [6.45, 7) is 6.50. The van der Waals surface area contributed by atoms with Gasteiger partial charge in [-0.2, -0.15) is 0 Å². The highest BCUT2D eigenvalue weighted by Gasteiger charge is 2.14. The monoisotopic (exact) mass is 285 g/mol. The summed E-state index contributed by atoms with van der Waals surface area (Å²) in [4.78, 5) is 0.369. The first kappa shape index (κ1) is 16.0. The fourth-order valence-electron chi connectivity index (χ4n) is 1.72. The van der Waals surface area contributed by atoms with Crippen LogP contribution in [0.1, 0.15) is 20.8 Å². The van der Waals surface area contributed by atoms with Gasteiger partial charge in [-0.15, -0.1) is 0 Å². The molecule has 0 amide bonds. The zero-order valence-corrected chi connectivity index (χ0v) is 12.8. The first-order chi connectivity index (χ1) is 8.90. The number of nitrogens with one attached hydrogen (secondary N) is 1. The minimum absolute atomic E-state index is 0.123. The van der Waals surface area contributed by atoms with Gasteiger partial charge in [0.15, 0.2) is 9.84 Å². The molecule has 19 heavy (non-hydrogen) atoms. The zero-order valence-electron chi connectivity index (χ0n) is 12.0. The van der Waals surface area contributed by atoms with Crippen molar-refractivity contribution in [3.8, 4) is 0 Å². The molecule has 108 valence electrons. The van der Waals surface area contributed by atoms with Gasteiger partial charge in [-0.25, -0.2) is 8.42 Å². The Bertz CT molecular complexity index is 480. The number of methoxy groups -OCH3 is 1. The van der Waals surface area contributed by atoms with E-state index in [9.17, 15) is 8.42 Å². The maximum absolute atomic E-state index is 11.7. The molecule has 0 fully saturated rings. The predicted octanol–water partition coefficient (Wildman–Crippen LogP) is 2.56. The van der Waals surface area contributed by atoms with E-state index >= 15 is 0 Å². The molecular weight excluding hydrogens is 262 g/mol. The van der Waals surface area contributed by atoms with Crippen LogP contribution < -0.4 is 5.32 Å². The quantitative estimate of drug-likeness (QED) is 0.836. The normalized spacial score (nSPS) is 13.5. The second-order valence-corrected chi connectivity index (χ2v) is 7.16. The van der Waals surface area contributed by atoms with Crippen LogP contribution in [0.15, 0.2) is 29.2 Å². The van der Waals surface area contributed by atoms with Crippen molar-refractivity contribution in [1.29, 1.82) is 0 Å². The minimum Gasteiger partial charge on any atom is -0.383 e. The Morgan fingerprint density at radius 2 is 1.79 bits per heavy atom. The van der Waals surface area contributed by atoms with Gasteiger partial charge in [0, 0.05) is 12.8 Å². The molecule has 1 unspecified atom stereocenters. The molecule has 1 aromatic rings. The van der Waals surface area contributed by atoms with E-state index in [-0.39, 0.29) is 11.8 Å². The average Bonchev–Trinajstić information content (AvgIpc) is 2.38. The third kappa shape index (κ3) is 4.51. The largest absolute Gasteiger partial charge is 0.383 e. The van der Waals surface area contributed by atoms with Crippen molar-refractivity contribution >= 4 is 15.5 Å². The fourth-order valence-corrected chi connectivity index (χ4v) is 2.60. The van der Waals surface area contributed by atoms with E-state index in [0.29, 0.717) is 17.4 Å². The maximum Gasteiger partial charge on any atom is 0.178 e. The second kappa shape index (κ2) is 6.91. The molecule has 1 aromatic carbocycles. The molecule has 0 bridgehead atoms. The Hall–Kier alpha value is -1.07. The van der Waals surface area contributed by atoms with Crippen molar-refractivity contribution in [2.24, 2.45) is 5.92 Å². The molecule has 1 atom stereocenters. The molecule has 0 saturated carbocycles. The van der Waals surface area contributed by atoms with Gasteiger partial charge in [-0.05, 0) is 30.2 Å². The van der Waals surface area contributed by atoms with E-state index in [2.05, 4.69) is 19.2 Å². The second-order valence-electron chi connectivity index (χ2n) is 4.88. The van der Waals surface area contributed by atoms with Crippen LogP contribution in [0.2, 0.25) is 0 Å². The highest BCUT2D eigenvalue weighted by atomic mass is 32.2. The van der Waals surface area contributed by atoms with E-state index in [0.717, 1.165) is 5.69 Å². The molecule has 1 rings (SSSR count). The fraction of sp³-hybridized carbons (Fsp3) is 0.571. The first-order valence-corrected chi connectivity index (χ1v) is 8.14. The van der Waals surface area contributed by atoms with Crippen LogP contribution in [0.25, 0.3) is 0 Å². The predicted molar refractivity (Wildman–Crippen MR) is 78.3 cm³/mol. The molecule has 0 aliphatic heterocycles. The van der Waals surface area contributed by atoms with Gasteiger partial charge in [0.25, 0.3) is 0 Å². The topological polar surface area (TPSA) is 55.4 Å². The van der Waals surface area contributed by atoms with Gasteiger partial charge in [0.05, 0.1) is 23.3 Å². The zero-order chi connectivity index (χ0) is 14.5. The van der Waals surface area contributed by atoms with Gasteiger partial charge in [0.2, 0.25) is 0 Å². The Kier molecular flexibility index (Phi) is 5.82. The smallest absolute Gasteiger partial charge is 0.178 e. The Morgan fingerprint density at radius 3 is 2.21 bits per heavy atom. The van der Waals surface area contributed by atoms with Crippen molar-refractivity contribution in [2.45, 2.75) is 31.7 Å². The van der Waals surface area contributed by atoms with Gasteiger partial charge in [0.1, 0.15) is 0 Å². The summed E-state index contributed by atoms with van der Waals surface area (Å²) >= 11 is 0. The molecule has 4 nitrogen and oxygen atoms in total. The molecule has 0 saturated heterocycles.